The molecule has 1 heterocycles. The lowest BCUT2D eigenvalue weighted by atomic mass is 10.1. The Balaban J connectivity index is 1.42. The number of para-hydroxylation sites is 1. The number of hydrogen-bond donors (Lipinski definition) is 1. The fourth-order valence-electron chi connectivity index (χ4n) is 3.15. The average Bonchev–Trinajstić information content (AvgIpc) is 2.75. The highest BCUT2D eigenvalue weighted by atomic mass is 32.2. The molecule has 0 aromatic heterocycles. The fourth-order valence-corrected chi connectivity index (χ4v) is 4.09. The minimum atomic E-state index is -0.105. The quantitative estimate of drug-likeness (QED) is 0.711. The highest BCUT2D eigenvalue weighted by molar-refractivity contribution is 8.00. The molecular weight excluding hydrogens is 368 g/mol. The predicted octanol–water partition coefficient (Wildman–Crippen LogP) is 4.26. The van der Waals surface area contributed by atoms with Crippen LogP contribution in [0.5, 0.6) is 0 Å². The van der Waals surface area contributed by atoms with Gasteiger partial charge >= 0.3 is 0 Å². The number of nitrogens with one attached hydrogen (secondary N) is 1. The Morgan fingerprint density at radius 2 is 1.61 bits per heavy atom. The second-order valence-electron chi connectivity index (χ2n) is 6.60. The number of rotatable bonds is 5. The molecule has 3 aromatic carbocycles. The molecule has 140 valence electrons. The molecule has 0 radical (unpaired) electrons. The zero-order valence-corrected chi connectivity index (χ0v) is 16.1. The van der Waals surface area contributed by atoms with E-state index < -0.39 is 0 Å². The van der Waals surface area contributed by atoms with E-state index in [1.54, 1.807) is 11.8 Å². The van der Waals surface area contributed by atoms with E-state index in [9.17, 15) is 9.59 Å². The minimum absolute atomic E-state index is 0.105. The van der Waals surface area contributed by atoms with Gasteiger partial charge < -0.3 is 10.2 Å². The van der Waals surface area contributed by atoms with Gasteiger partial charge in [0.05, 0.1) is 18.0 Å². The molecule has 0 fully saturated rings. The molecule has 0 unspecified atom stereocenters. The van der Waals surface area contributed by atoms with Crippen molar-refractivity contribution in [2.45, 2.75) is 18.0 Å². The number of benzene rings is 3. The van der Waals surface area contributed by atoms with Gasteiger partial charge in [-0.2, -0.15) is 0 Å². The van der Waals surface area contributed by atoms with Crippen LogP contribution in [-0.4, -0.2) is 17.6 Å². The Kier molecular flexibility index (Phi) is 5.44. The van der Waals surface area contributed by atoms with Gasteiger partial charge in [-0.3, -0.25) is 9.59 Å². The van der Waals surface area contributed by atoms with Crippen LogP contribution in [0, 0.1) is 0 Å². The first-order chi connectivity index (χ1) is 13.7. The number of thioether (sulfide) groups is 1. The number of carbonyl (C=O) groups excluding carboxylic acids is 2. The van der Waals surface area contributed by atoms with Crippen LogP contribution in [0.1, 0.15) is 21.5 Å². The van der Waals surface area contributed by atoms with Gasteiger partial charge in [0.2, 0.25) is 5.91 Å². The van der Waals surface area contributed by atoms with E-state index in [2.05, 4.69) is 5.32 Å². The van der Waals surface area contributed by atoms with Crippen molar-refractivity contribution < 1.29 is 9.59 Å². The maximum absolute atomic E-state index is 12.4. The van der Waals surface area contributed by atoms with Crippen LogP contribution in [0.2, 0.25) is 0 Å². The largest absolute Gasteiger partial charge is 0.348 e. The molecule has 5 heteroatoms. The summed E-state index contributed by atoms with van der Waals surface area (Å²) in [7, 11) is 0. The third-order valence-corrected chi connectivity index (χ3v) is 5.71. The first-order valence-electron chi connectivity index (χ1n) is 9.14. The molecule has 1 aliphatic heterocycles. The van der Waals surface area contributed by atoms with Gasteiger partial charge in [-0.15, -0.1) is 11.8 Å². The maximum Gasteiger partial charge on any atom is 0.251 e. The normalized spacial score (nSPS) is 13.1. The molecule has 0 bridgehead atoms. The van der Waals surface area contributed by atoms with Crippen molar-refractivity contribution in [3.05, 3.63) is 95.6 Å². The molecule has 0 spiro atoms. The molecule has 0 aliphatic carbocycles. The number of fused-ring (bicyclic) bond motifs is 1. The highest BCUT2D eigenvalue weighted by Gasteiger charge is 2.24. The second-order valence-corrected chi connectivity index (χ2v) is 7.62. The third-order valence-electron chi connectivity index (χ3n) is 4.66. The Labute approximate surface area is 168 Å². The fraction of sp³-hybridized carbons (Fsp3) is 0.130. The van der Waals surface area contributed by atoms with E-state index >= 15 is 0 Å². The lowest BCUT2D eigenvalue weighted by Crippen LogP contribution is -2.34. The van der Waals surface area contributed by atoms with E-state index in [0.717, 1.165) is 21.7 Å². The molecule has 4 nitrogen and oxygen atoms in total. The summed E-state index contributed by atoms with van der Waals surface area (Å²) >= 11 is 1.58. The van der Waals surface area contributed by atoms with Crippen LogP contribution >= 0.6 is 11.8 Å². The predicted molar refractivity (Wildman–Crippen MR) is 112 cm³/mol. The average molecular weight is 388 g/mol. The molecule has 28 heavy (non-hydrogen) atoms. The number of hydrogen-bond acceptors (Lipinski definition) is 3. The Morgan fingerprint density at radius 3 is 2.39 bits per heavy atom. The minimum Gasteiger partial charge on any atom is -0.348 e. The zero-order valence-electron chi connectivity index (χ0n) is 15.3. The molecule has 1 aliphatic rings. The van der Waals surface area contributed by atoms with Crippen LogP contribution < -0.4 is 10.2 Å². The first kappa shape index (κ1) is 18.3. The van der Waals surface area contributed by atoms with E-state index in [4.69, 9.17) is 0 Å². The molecule has 1 N–H and O–H groups in total. The van der Waals surface area contributed by atoms with Gasteiger partial charge in [-0.1, -0.05) is 54.6 Å². The van der Waals surface area contributed by atoms with Crippen molar-refractivity contribution in [1.29, 1.82) is 0 Å². The summed E-state index contributed by atoms with van der Waals surface area (Å²) in [6.07, 6.45) is 0. The standard InChI is InChI=1S/C23H20N2O2S/c26-22-16-28-21-9-5-4-8-20(21)25(22)15-18-10-12-19(13-11-18)23(27)24-14-17-6-2-1-3-7-17/h1-13H,14-16H2,(H,24,27). The summed E-state index contributed by atoms with van der Waals surface area (Å²) in [6.45, 7) is 1.00. The first-order valence-corrected chi connectivity index (χ1v) is 10.1. The summed E-state index contributed by atoms with van der Waals surface area (Å²) in [5, 5.41) is 2.93. The monoisotopic (exact) mass is 388 g/mol. The molecule has 0 saturated heterocycles. The topological polar surface area (TPSA) is 49.4 Å². The van der Waals surface area contributed by atoms with Crippen molar-refractivity contribution in [1.82, 2.24) is 5.32 Å². The van der Waals surface area contributed by atoms with E-state index in [1.165, 1.54) is 0 Å². The highest BCUT2D eigenvalue weighted by Crippen LogP contribution is 2.35. The lowest BCUT2D eigenvalue weighted by molar-refractivity contribution is -0.116. The van der Waals surface area contributed by atoms with Crippen LogP contribution in [0.15, 0.2) is 83.8 Å². The van der Waals surface area contributed by atoms with E-state index in [1.807, 2.05) is 83.8 Å². The number of amides is 2. The maximum atomic E-state index is 12.4. The molecule has 2 amide bonds. The SMILES string of the molecule is O=C(NCc1ccccc1)c1ccc(CN2C(=O)CSc3ccccc32)cc1. The Hall–Kier alpha value is -3.05. The van der Waals surface area contributed by atoms with Gasteiger partial charge in [0, 0.05) is 17.0 Å². The van der Waals surface area contributed by atoms with Crippen molar-refractivity contribution in [2.24, 2.45) is 0 Å². The molecule has 0 saturated carbocycles. The molecular formula is C23H20N2O2S. The molecule has 4 rings (SSSR count). The van der Waals surface area contributed by atoms with Gasteiger partial charge in [0.15, 0.2) is 0 Å². The van der Waals surface area contributed by atoms with Gasteiger partial charge in [-0.05, 0) is 35.4 Å². The van der Waals surface area contributed by atoms with Gasteiger partial charge in [0.25, 0.3) is 5.91 Å². The summed E-state index contributed by atoms with van der Waals surface area (Å²) in [5.74, 6) is 0.455. The van der Waals surface area contributed by atoms with Crippen LogP contribution in [-0.2, 0) is 17.9 Å². The van der Waals surface area contributed by atoms with Crippen molar-refractivity contribution >= 4 is 29.3 Å². The van der Waals surface area contributed by atoms with Crippen molar-refractivity contribution in [3.8, 4) is 0 Å². The molecule has 3 aromatic rings. The summed E-state index contributed by atoms with van der Waals surface area (Å²) in [4.78, 5) is 27.7. The lowest BCUT2D eigenvalue weighted by Gasteiger charge is -2.29. The van der Waals surface area contributed by atoms with Gasteiger partial charge in [-0.25, -0.2) is 0 Å². The number of carbonyl (C=O) groups is 2. The number of anilines is 1. The summed E-state index contributed by atoms with van der Waals surface area (Å²) in [6, 6.07) is 25.2. The summed E-state index contributed by atoms with van der Waals surface area (Å²) in [5.41, 5.74) is 3.62. The van der Waals surface area contributed by atoms with Crippen LogP contribution in [0.4, 0.5) is 5.69 Å². The Bertz CT molecular complexity index is 987. The molecule has 0 atom stereocenters. The number of nitrogens with zero attached hydrogens (tertiary/aromatic N) is 1. The smallest absolute Gasteiger partial charge is 0.251 e. The van der Waals surface area contributed by atoms with E-state index in [0.29, 0.717) is 24.4 Å². The summed E-state index contributed by atoms with van der Waals surface area (Å²) < 4.78 is 0. The zero-order chi connectivity index (χ0) is 19.3. The van der Waals surface area contributed by atoms with E-state index in [-0.39, 0.29) is 11.8 Å². The van der Waals surface area contributed by atoms with Crippen LogP contribution in [0.3, 0.4) is 0 Å². The van der Waals surface area contributed by atoms with Crippen LogP contribution in [0.25, 0.3) is 0 Å². The third kappa shape index (κ3) is 4.10. The Morgan fingerprint density at radius 1 is 0.893 bits per heavy atom. The van der Waals surface area contributed by atoms with Crippen molar-refractivity contribution in [3.63, 3.8) is 0 Å². The van der Waals surface area contributed by atoms with Gasteiger partial charge in [0.1, 0.15) is 0 Å². The van der Waals surface area contributed by atoms with Crippen molar-refractivity contribution in [2.75, 3.05) is 10.7 Å². The second kappa shape index (κ2) is 8.31.